The molecule has 0 saturated carbocycles. The molecule has 2 aromatic rings. The van der Waals surface area contributed by atoms with Crippen molar-refractivity contribution in [3.05, 3.63) is 57.3 Å². The lowest BCUT2D eigenvalue weighted by Crippen LogP contribution is -2.00. The van der Waals surface area contributed by atoms with Crippen LogP contribution in [0.1, 0.15) is 21.6 Å². The van der Waals surface area contributed by atoms with Crippen molar-refractivity contribution in [2.24, 2.45) is 5.73 Å². The van der Waals surface area contributed by atoms with Gasteiger partial charge in [-0.1, -0.05) is 18.2 Å². The van der Waals surface area contributed by atoms with E-state index in [0.717, 1.165) is 10.4 Å². The van der Waals surface area contributed by atoms with Crippen LogP contribution in [0.5, 0.6) is 0 Å². The van der Waals surface area contributed by atoms with Crippen molar-refractivity contribution in [1.29, 1.82) is 5.26 Å². The minimum Gasteiger partial charge on any atom is -0.397 e. The summed E-state index contributed by atoms with van der Waals surface area (Å²) >= 11 is 1.53. The molecule has 0 spiro atoms. The van der Waals surface area contributed by atoms with Gasteiger partial charge in [0.15, 0.2) is 0 Å². The third-order valence-electron chi connectivity index (χ3n) is 2.97. The summed E-state index contributed by atoms with van der Waals surface area (Å²) in [4.78, 5) is 0.910. The number of thiophene rings is 1. The van der Waals surface area contributed by atoms with E-state index in [2.05, 4.69) is 13.0 Å². The Morgan fingerprint density at radius 1 is 1.22 bits per heavy atom. The van der Waals surface area contributed by atoms with E-state index in [0.29, 0.717) is 11.3 Å². The molecule has 0 unspecified atom stereocenters. The van der Waals surface area contributed by atoms with E-state index in [1.807, 2.05) is 42.6 Å². The van der Waals surface area contributed by atoms with Gasteiger partial charge < -0.3 is 5.73 Å². The van der Waals surface area contributed by atoms with Gasteiger partial charge in [-0.2, -0.15) is 5.26 Å². The summed E-state index contributed by atoms with van der Waals surface area (Å²) in [7, 11) is 0. The van der Waals surface area contributed by atoms with E-state index in [1.165, 1.54) is 22.5 Å². The molecule has 2 N–H and O–H groups in total. The Labute approximate surface area is 111 Å². The molecule has 0 saturated heterocycles. The van der Waals surface area contributed by atoms with Gasteiger partial charge in [-0.05, 0) is 48.1 Å². The van der Waals surface area contributed by atoms with E-state index < -0.39 is 0 Å². The molecule has 0 radical (unpaired) electrons. The van der Waals surface area contributed by atoms with Crippen LogP contribution in [-0.2, 0) is 0 Å². The monoisotopic (exact) mass is 254 g/mol. The fourth-order valence-corrected chi connectivity index (χ4v) is 2.46. The Hall–Kier alpha value is -2.05. The van der Waals surface area contributed by atoms with E-state index in [1.54, 1.807) is 0 Å². The van der Waals surface area contributed by atoms with E-state index in [4.69, 9.17) is 5.73 Å². The third kappa shape index (κ3) is 2.29. The zero-order valence-electron chi connectivity index (χ0n) is 10.4. The lowest BCUT2D eigenvalue weighted by Gasteiger charge is -2.07. The molecule has 0 aliphatic heterocycles. The van der Waals surface area contributed by atoms with Crippen molar-refractivity contribution in [3.8, 4) is 6.07 Å². The number of nitrogens with zero attached hydrogens (tertiary/aromatic N) is 1. The van der Waals surface area contributed by atoms with Gasteiger partial charge in [0.1, 0.15) is 6.07 Å². The van der Waals surface area contributed by atoms with Crippen molar-refractivity contribution >= 4 is 22.6 Å². The van der Waals surface area contributed by atoms with Crippen LogP contribution in [0.4, 0.5) is 0 Å². The van der Waals surface area contributed by atoms with Gasteiger partial charge in [-0.15, -0.1) is 11.3 Å². The van der Waals surface area contributed by atoms with Gasteiger partial charge in [0.05, 0.1) is 11.3 Å². The van der Waals surface area contributed by atoms with E-state index in [-0.39, 0.29) is 0 Å². The number of nitriles is 1. The zero-order chi connectivity index (χ0) is 13.1. The Morgan fingerprint density at radius 2 is 2.00 bits per heavy atom. The first-order chi connectivity index (χ1) is 8.63. The Balaban J connectivity index is 2.54. The van der Waals surface area contributed by atoms with Crippen LogP contribution in [0.3, 0.4) is 0 Å². The maximum absolute atomic E-state index is 9.27. The molecule has 0 bridgehead atoms. The summed E-state index contributed by atoms with van der Waals surface area (Å²) in [6.45, 7) is 4.10. The fraction of sp³-hybridized carbons (Fsp3) is 0.133. The Kier molecular flexibility index (Phi) is 3.50. The summed E-state index contributed by atoms with van der Waals surface area (Å²) in [6, 6.07) is 12.1. The predicted octanol–water partition coefficient (Wildman–Crippen LogP) is 3.72. The fourth-order valence-electron chi connectivity index (χ4n) is 1.72. The minimum atomic E-state index is 0.544. The number of nitrogens with two attached hydrogens (primary N) is 1. The van der Waals surface area contributed by atoms with Crippen molar-refractivity contribution < 1.29 is 0 Å². The molecule has 0 aliphatic rings. The van der Waals surface area contributed by atoms with E-state index in [9.17, 15) is 5.26 Å². The molecule has 0 fully saturated rings. The highest BCUT2D eigenvalue weighted by Gasteiger charge is 2.09. The molecule has 0 aliphatic carbocycles. The molecule has 1 aromatic heterocycles. The summed E-state index contributed by atoms with van der Waals surface area (Å²) in [5, 5.41) is 11.2. The average Bonchev–Trinajstić information content (AvgIpc) is 2.87. The number of rotatable bonds is 2. The highest BCUT2D eigenvalue weighted by atomic mass is 32.1. The van der Waals surface area contributed by atoms with Crippen molar-refractivity contribution in [1.82, 2.24) is 0 Å². The van der Waals surface area contributed by atoms with Crippen molar-refractivity contribution in [2.45, 2.75) is 13.8 Å². The number of benzene rings is 1. The molecule has 0 atom stereocenters. The smallest absolute Gasteiger partial charge is 0.103 e. The second-order valence-corrected chi connectivity index (χ2v) is 5.12. The molecule has 18 heavy (non-hydrogen) atoms. The van der Waals surface area contributed by atoms with Crippen LogP contribution in [0.25, 0.3) is 11.3 Å². The molecular formula is C15H14N2S. The molecule has 2 rings (SSSR count). The lowest BCUT2D eigenvalue weighted by atomic mass is 10.0. The predicted molar refractivity (Wildman–Crippen MR) is 76.8 cm³/mol. The summed E-state index contributed by atoms with van der Waals surface area (Å²) in [5.74, 6) is 0. The molecule has 90 valence electrons. The van der Waals surface area contributed by atoms with Crippen molar-refractivity contribution in [3.63, 3.8) is 0 Å². The number of hydrogen-bond acceptors (Lipinski definition) is 3. The van der Waals surface area contributed by atoms with Gasteiger partial charge >= 0.3 is 0 Å². The first-order valence-corrected chi connectivity index (χ1v) is 6.53. The highest BCUT2D eigenvalue weighted by molar-refractivity contribution is 7.11. The van der Waals surface area contributed by atoms with E-state index >= 15 is 0 Å². The second-order valence-electron chi connectivity index (χ2n) is 4.18. The topological polar surface area (TPSA) is 49.8 Å². The van der Waals surface area contributed by atoms with Gasteiger partial charge in [-0.25, -0.2) is 0 Å². The van der Waals surface area contributed by atoms with Crippen LogP contribution in [0.15, 0.2) is 35.7 Å². The van der Waals surface area contributed by atoms with Gasteiger partial charge in [0.25, 0.3) is 0 Å². The van der Waals surface area contributed by atoms with Crippen molar-refractivity contribution in [2.75, 3.05) is 0 Å². The average molecular weight is 254 g/mol. The zero-order valence-corrected chi connectivity index (χ0v) is 11.2. The molecule has 0 amide bonds. The second kappa shape index (κ2) is 5.07. The number of aryl methyl sites for hydroxylation is 2. The Bertz CT molecular complexity index is 631. The van der Waals surface area contributed by atoms with Gasteiger partial charge in [0.2, 0.25) is 0 Å². The molecule has 2 nitrogen and oxygen atoms in total. The largest absolute Gasteiger partial charge is 0.397 e. The molecular weight excluding hydrogens is 240 g/mol. The first-order valence-electron chi connectivity index (χ1n) is 5.65. The number of allylic oxidation sites excluding steroid dienone is 1. The third-order valence-corrected chi connectivity index (χ3v) is 3.85. The van der Waals surface area contributed by atoms with Crippen LogP contribution in [0, 0.1) is 25.2 Å². The van der Waals surface area contributed by atoms with Crippen LogP contribution < -0.4 is 5.73 Å². The normalized spacial score (nSPS) is 11.8. The quantitative estimate of drug-likeness (QED) is 0.830. The molecule has 1 aromatic carbocycles. The summed E-state index contributed by atoms with van der Waals surface area (Å²) in [5.41, 5.74) is 10.5. The first kappa shape index (κ1) is 12.4. The standard InChI is InChI=1S/C15H14N2S/c1-10-5-6-12(8-11(10)2)15(17)13(9-16)14-4-3-7-18-14/h3-8H,17H2,1-2H3/b15-13+. The molecule has 3 heteroatoms. The van der Waals surface area contributed by atoms with Crippen LogP contribution >= 0.6 is 11.3 Å². The lowest BCUT2D eigenvalue weighted by molar-refractivity contribution is 1.32. The maximum atomic E-state index is 9.27. The maximum Gasteiger partial charge on any atom is 0.103 e. The highest BCUT2D eigenvalue weighted by Crippen LogP contribution is 2.26. The van der Waals surface area contributed by atoms with Gasteiger partial charge in [-0.3, -0.25) is 0 Å². The van der Waals surface area contributed by atoms with Crippen LogP contribution in [-0.4, -0.2) is 0 Å². The Morgan fingerprint density at radius 3 is 2.56 bits per heavy atom. The minimum absolute atomic E-state index is 0.544. The van der Waals surface area contributed by atoms with Crippen LogP contribution in [0.2, 0.25) is 0 Å². The summed E-state index contributed by atoms with van der Waals surface area (Å²) in [6.07, 6.45) is 0. The number of hydrogen-bond donors (Lipinski definition) is 1. The SMILES string of the molecule is Cc1ccc(/C(N)=C(/C#N)c2cccs2)cc1C. The van der Waals surface area contributed by atoms with Gasteiger partial charge in [0, 0.05) is 4.88 Å². The molecule has 1 heterocycles. The summed E-state index contributed by atoms with van der Waals surface area (Å²) < 4.78 is 0.